The number of allylic oxidation sites excluding steroid dienone is 5. The number of hydrogen-bond acceptors (Lipinski definition) is 3. The van der Waals surface area contributed by atoms with Gasteiger partial charge >= 0.3 is 0 Å². The molecule has 42 heavy (non-hydrogen) atoms. The van der Waals surface area contributed by atoms with Crippen molar-refractivity contribution in [1.29, 1.82) is 0 Å². The summed E-state index contributed by atoms with van der Waals surface area (Å²) in [4.78, 5) is 12.3. The molecule has 0 aliphatic rings. The fourth-order valence-electron chi connectivity index (χ4n) is 5.26. The third kappa shape index (κ3) is 30.1. The van der Waals surface area contributed by atoms with E-state index >= 15 is 0 Å². The van der Waals surface area contributed by atoms with Crippen molar-refractivity contribution in [2.24, 2.45) is 0 Å². The smallest absolute Gasteiger partial charge is 0.220 e. The number of unbranched alkanes of at least 4 members (excludes halogenated alkanes) is 21. The molecule has 0 spiro atoms. The van der Waals surface area contributed by atoms with E-state index in [9.17, 15) is 15.0 Å². The van der Waals surface area contributed by atoms with E-state index in [0.29, 0.717) is 6.42 Å². The molecule has 0 heterocycles. The van der Waals surface area contributed by atoms with Crippen LogP contribution in [0.1, 0.15) is 181 Å². The van der Waals surface area contributed by atoms with E-state index in [0.717, 1.165) is 44.9 Å². The Bertz CT molecular complexity index is 642. The molecule has 4 heteroatoms. The van der Waals surface area contributed by atoms with E-state index < -0.39 is 12.1 Å². The number of carbonyl (C=O) groups excluding carboxylic acids is 1. The van der Waals surface area contributed by atoms with Gasteiger partial charge < -0.3 is 15.5 Å². The Morgan fingerprint density at radius 2 is 0.976 bits per heavy atom. The number of hydrogen-bond donors (Lipinski definition) is 3. The molecule has 0 bridgehead atoms. The van der Waals surface area contributed by atoms with Gasteiger partial charge in [0, 0.05) is 6.42 Å². The monoisotopic (exact) mass is 590 g/mol. The van der Waals surface area contributed by atoms with Gasteiger partial charge in [0.15, 0.2) is 0 Å². The van der Waals surface area contributed by atoms with Crippen molar-refractivity contribution in [3.05, 3.63) is 36.5 Å². The third-order valence-corrected chi connectivity index (χ3v) is 8.12. The summed E-state index contributed by atoms with van der Waals surface area (Å²) in [6, 6.07) is -0.626. The summed E-state index contributed by atoms with van der Waals surface area (Å²) >= 11 is 0. The normalized spacial score (nSPS) is 13.5. The van der Waals surface area contributed by atoms with E-state index in [-0.39, 0.29) is 12.5 Å². The van der Waals surface area contributed by atoms with Crippen LogP contribution < -0.4 is 5.32 Å². The number of carbonyl (C=O) groups is 1. The first-order valence-corrected chi connectivity index (χ1v) is 18.2. The zero-order valence-electron chi connectivity index (χ0n) is 28.0. The summed E-state index contributed by atoms with van der Waals surface area (Å²) in [6.07, 6.45) is 43.6. The molecule has 0 saturated carbocycles. The second-order valence-electron chi connectivity index (χ2n) is 12.3. The van der Waals surface area contributed by atoms with Crippen molar-refractivity contribution in [2.45, 2.75) is 193 Å². The van der Waals surface area contributed by atoms with Crippen LogP contribution >= 0.6 is 0 Å². The van der Waals surface area contributed by atoms with Gasteiger partial charge in [0.1, 0.15) is 0 Å². The van der Waals surface area contributed by atoms with Crippen molar-refractivity contribution in [1.82, 2.24) is 5.32 Å². The lowest BCUT2D eigenvalue weighted by atomic mass is 10.0. The molecule has 1 amide bonds. The minimum absolute atomic E-state index is 0.0798. The molecule has 2 unspecified atom stereocenters. The molecule has 0 aliphatic carbocycles. The predicted molar refractivity (Wildman–Crippen MR) is 184 cm³/mol. The standard InChI is InChI=1S/C38H71NO3/c1-3-5-7-9-11-13-15-17-19-20-22-24-26-28-30-32-34-38(42)39-36(35-40)37(41)33-31-29-27-25-23-21-18-16-14-12-10-8-6-4-2/h13,15,19-20,31,33,36-37,40-41H,3-12,14,16-18,21-30,32,34-35H2,1-2H3,(H,39,42)/b15-13-,20-19-,33-31+. The first-order valence-electron chi connectivity index (χ1n) is 18.2. The van der Waals surface area contributed by atoms with Gasteiger partial charge in [-0.1, -0.05) is 159 Å². The maximum absolute atomic E-state index is 12.3. The topological polar surface area (TPSA) is 69.6 Å². The van der Waals surface area contributed by atoms with E-state index in [1.54, 1.807) is 6.08 Å². The molecule has 0 fully saturated rings. The van der Waals surface area contributed by atoms with Crippen molar-refractivity contribution in [2.75, 3.05) is 6.61 Å². The highest BCUT2D eigenvalue weighted by molar-refractivity contribution is 5.76. The van der Waals surface area contributed by atoms with E-state index in [1.807, 2.05) is 6.08 Å². The third-order valence-electron chi connectivity index (χ3n) is 8.12. The molecule has 0 radical (unpaired) electrons. The quantitative estimate of drug-likeness (QED) is 0.0540. The highest BCUT2D eigenvalue weighted by atomic mass is 16.3. The molecule has 0 saturated heterocycles. The molecule has 0 aromatic carbocycles. The summed E-state index contributed by atoms with van der Waals surface area (Å²) in [7, 11) is 0. The van der Waals surface area contributed by atoms with Gasteiger partial charge in [0.25, 0.3) is 0 Å². The Labute approximate surface area is 261 Å². The summed E-state index contributed by atoms with van der Waals surface area (Å²) < 4.78 is 0. The highest BCUT2D eigenvalue weighted by Gasteiger charge is 2.17. The van der Waals surface area contributed by atoms with Crippen LogP contribution in [0.25, 0.3) is 0 Å². The Morgan fingerprint density at radius 1 is 0.571 bits per heavy atom. The zero-order chi connectivity index (χ0) is 30.8. The van der Waals surface area contributed by atoms with Crippen LogP contribution in [0.4, 0.5) is 0 Å². The first-order chi connectivity index (χ1) is 20.7. The molecule has 0 aromatic rings. The highest BCUT2D eigenvalue weighted by Crippen LogP contribution is 2.13. The van der Waals surface area contributed by atoms with Gasteiger partial charge in [-0.05, 0) is 51.4 Å². The average Bonchev–Trinajstić information content (AvgIpc) is 2.99. The number of aliphatic hydroxyl groups is 2. The van der Waals surface area contributed by atoms with Crippen LogP contribution in [-0.2, 0) is 4.79 Å². The molecular weight excluding hydrogens is 518 g/mol. The number of nitrogens with one attached hydrogen (secondary N) is 1. The second kappa shape index (κ2) is 34.1. The van der Waals surface area contributed by atoms with E-state index in [2.05, 4.69) is 43.5 Å². The van der Waals surface area contributed by atoms with Crippen LogP contribution in [0.15, 0.2) is 36.5 Å². The molecule has 4 nitrogen and oxygen atoms in total. The van der Waals surface area contributed by atoms with Crippen molar-refractivity contribution < 1.29 is 15.0 Å². The van der Waals surface area contributed by atoms with E-state index in [4.69, 9.17) is 0 Å². The van der Waals surface area contributed by atoms with Crippen molar-refractivity contribution in [3.63, 3.8) is 0 Å². The lowest BCUT2D eigenvalue weighted by Crippen LogP contribution is -2.45. The predicted octanol–water partition coefficient (Wildman–Crippen LogP) is 10.7. The zero-order valence-corrected chi connectivity index (χ0v) is 28.0. The number of rotatable bonds is 32. The maximum Gasteiger partial charge on any atom is 0.220 e. The van der Waals surface area contributed by atoms with Gasteiger partial charge in [-0.3, -0.25) is 4.79 Å². The fraction of sp³-hybridized carbons (Fsp3) is 0.816. The Balaban J connectivity index is 3.67. The van der Waals surface area contributed by atoms with Gasteiger partial charge in [0.05, 0.1) is 18.8 Å². The van der Waals surface area contributed by atoms with Crippen LogP contribution in [0, 0.1) is 0 Å². The molecular formula is C38H71NO3. The van der Waals surface area contributed by atoms with Gasteiger partial charge in [-0.15, -0.1) is 0 Å². The Morgan fingerprint density at radius 3 is 1.45 bits per heavy atom. The number of amides is 1. The molecule has 0 aliphatic heterocycles. The van der Waals surface area contributed by atoms with Crippen LogP contribution in [-0.4, -0.2) is 34.9 Å². The largest absolute Gasteiger partial charge is 0.394 e. The first kappa shape index (κ1) is 40.6. The summed E-state index contributed by atoms with van der Waals surface area (Å²) in [5, 5.41) is 22.9. The van der Waals surface area contributed by atoms with Crippen LogP contribution in [0.2, 0.25) is 0 Å². The molecule has 0 rings (SSSR count). The molecule has 246 valence electrons. The fourth-order valence-corrected chi connectivity index (χ4v) is 5.26. The summed E-state index contributed by atoms with van der Waals surface area (Å²) in [5.41, 5.74) is 0. The lowest BCUT2D eigenvalue weighted by Gasteiger charge is -2.20. The van der Waals surface area contributed by atoms with Crippen molar-refractivity contribution in [3.8, 4) is 0 Å². The number of aliphatic hydroxyl groups excluding tert-OH is 2. The minimum atomic E-state index is -0.842. The SMILES string of the molecule is CCCCCC/C=C\C/C=C\CCCCCCCC(=O)NC(CO)C(O)/C=C/CCCCCCCCCCCCCC. The maximum atomic E-state index is 12.3. The molecule has 3 N–H and O–H groups in total. The average molecular weight is 590 g/mol. The van der Waals surface area contributed by atoms with Crippen LogP contribution in [0.3, 0.4) is 0 Å². The lowest BCUT2D eigenvalue weighted by molar-refractivity contribution is -0.123. The minimum Gasteiger partial charge on any atom is -0.394 e. The summed E-state index contributed by atoms with van der Waals surface area (Å²) in [6.45, 7) is 4.27. The summed E-state index contributed by atoms with van der Waals surface area (Å²) in [5.74, 6) is -0.0798. The molecule has 2 atom stereocenters. The Hall–Kier alpha value is -1.39. The molecule has 0 aromatic heterocycles. The van der Waals surface area contributed by atoms with E-state index in [1.165, 1.54) is 116 Å². The van der Waals surface area contributed by atoms with Gasteiger partial charge in [-0.2, -0.15) is 0 Å². The van der Waals surface area contributed by atoms with Gasteiger partial charge in [0.2, 0.25) is 5.91 Å². The second-order valence-corrected chi connectivity index (χ2v) is 12.3. The van der Waals surface area contributed by atoms with Crippen molar-refractivity contribution >= 4 is 5.91 Å². The van der Waals surface area contributed by atoms with Gasteiger partial charge in [-0.25, -0.2) is 0 Å². The van der Waals surface area contributed by atoms with Crippen LogP contribution in [0.5, 0.6) is 0 Å². The Kier molecular flexibility index (Phi) is 33.0.